The zero-order valence-corrected chi connectivity index (χ0v) is 18.5. The lowest BCUT2D eigenvalue weighted by Crippen LogP contribution is -2.83. The summed E-state index contributed by atoms with van der Waals surface area (Å²) in [6, 6.07) is 13.2. The number of quaternary nitrogens is 1. The number of ether oxygens (including phenoxy) is 3. The van der Waals surface area contributed by atoms with Crippen molar-refractivity contribution < 1.29 is 19.5 Å². The quantitative estimate of drug-likeness (QED) is 0.670. The molecule has 1 atom stereocenters. The highest BCUT2D eigenvalue weighted by Crippen LogP contribution is 2.37. The standard InChI is InChI=1S/C25H30N2O3/c1-6-29-23-13-18-15-26-25(19-11-17(4)22(28-5)12-16(19)3)20-9-8-10-27(20)21(18)14-24(23)30-7-2/h8-14,25-26H,6-7,15H2,1-5H3/p+1/t25-/m0/s1. The lowest BCUT2D eigenvalue weighted by molar-refractivity contribution is -0.702. The molecule has 0 saturated heterocycles. The molecule has 0 unspecified atom stereocenters. The number of fused-ring (bicyclic) bond motifs is 3. The normalized spacial score (nSPS) is 15.2. The fourth-order valence-electron chi connectivity index (χ4n) is 4.40. The SMILES string of the molecule is CCOc1cc2c(cc1OCC)-n1cccc1[C@H](c1cc(C)c(OC)cc1C)[NH2+]C2. The summed E-state index contributed by atoms with van der Waals surface area (Å²) in [6.45, 7) is 10.4. The summed E-state index contributed by atoms with van der Waals surface area (Å²) in [5, 5.41) is 2.40. The highest BCUT2D eigenvalue weighted by molar-refractivity contribution is 5.56. The van der Waals surface area contributed by atoms with Crippen molar-refractivity contribution in [2.75, 3.05) is 20.3 Å². The summed E-state index contributed by atoms with van der Waals surface area (Å²) >= 11 is 0. The van der Waals surface area contributed by atoms with Crippen LogP contribution in [0, 0.1) is 13.8 Å². The maximum atomic E-state index is 5.90. The molecule has 0 spiro atoms. The molecular formula is C25H31N2O3+. The van der Waals surface area contributed by atoms with Gasteiger partial charge in [0.1, 0.15) is 12.3 Å². The molecule has 3 aromatic rings. The van der Waals surface area contributed by atoms with Crippen molar-refractivity contribution in [2.45, 2.75) is 40.3 Å². The molecule has 0 radical (unpaired) electrons. The average molecular weight is 408 g/mol. The van der Waals surface area contributed by atoms with Gasteiger partial charge in [-0.1, -0.05) is 0 Å². The van der Waals surface area contributed by atoms with Gasteiger partial charge in [0.2, 0.25) is 0 Å². The zero-order valence-electron chi connectivity index (χ0n) is 18.5. The predicted octanol–water partition coefficient (Wildman–Crippen LogP) is 4.07. The highest BCUT2D eigenvalue weighted by Gasteiger charge is 2.29. The van der Waals surface area contributed by atoms with Crippen LogP contribution >= 0.6 is 0 Å². The molecule has 2 heterocycles. The van der Waals surface area contributed by atoms with Gasteiger partial charge in [-0.25, -0.2) is 0 Å². The van der Waals surface area contributed by atoms with Gasteiger partial charge < -0.3 is 24.1 Å². The van der Waals surface area contributed by atoms with Crippen LogP contribution < -0.4 is 19.5 Å². The minimum Gasteiger partial charge on any atom is -0.496 e. The molecule has 0 amide bonds. The van der Waals surface area contributed by atoms with E-state index < -0.39 is 0 Å². The Balaban J connectivity index is 1.83. The molecule has 5 nitrogen and oxygen atoms in total. The minimum absolute atomic E-state index is 0.197. The largest absolute Gasteiger partial charge is 0.496 e. The molecule has 4 rings (SSSR count). The summed E-state index contributed by atoms with van der Waals surface area (Å²) in [5.41, 5.74) is 7.36. The minimum atomic E-state index is 0.197. The monoisotopic (exact) mass is 407 g/mol. The van der Waals surface area contributed by atoms with Crippen LogP contribution in [0.15, 0.2) is 42.6 Å². The van der Waals surface area contributed by atoms with Gasteiger partial charge in [0, 0.05) is 23.4 Å². The molecular weight excluding hydrogens is 376 g/mol. The number of methoxy groups -OCH3 is 1. The van der Waals surface area contributed by atoms with E-state index in [1.54, 1.807) is 7.11 Å². The topological polar surface area (TPSA) is 49.2 Å². The second kappa shape index (κ2) is 8.44. The molecule has 1 aromatic heterocycles. The summed E-state index contributed by atoms with van der Waals surface area (Å²) in [7, 11) is 1.73. The molecule has 158 valence electrons. The van der Waals surface area contributed by atoms with E-state index in [4.69, 9.17) is 14.2 Å². The molecule has 0 aliphatic carbocycles. The van der Waals surface area contributed by atoms with Gasteiger partial charge in [-0.05, 0) is 69.2 Å². The molecule has 0 bridgehead atoms. The summed E-state index contributed by atoms with van der Waals surface area (Å²) in [5.74, 6) is 2.55. The number of hydrogen-bond acceptors (Lipinski definition) is 3. The lowest BCUT2D eigenvalue weighted by atomic mass is 9.96. The van der Waals surface area contributed by atoms with Gasteiger partial charge in [-0.15, -0.1) is 0 Å². The van der Waals surface area contributed by atoms with Crippen LogP contribution in [0.3, 0.4) is 0 Å². The number of aryl methyl sites for hydroxylation is 2. The summed E-state index contributed by atoms with van der Waals surface area (Å²) in [6.07, 6.45) is 2.14. The van der Waals surface area contributed by atoms with E-state index in [1.165, 1.54) is 22.4 Å². The zero-order chi connectivity index (χ0) is 21.3. The first-order chi connectivity index (χ1) is 14.6. The molecule has 5 heteroatoms. The van der Waals surface area contributed by atoms with E-state index in [0.717, 1.165) is 35.0 Å². The van der Waals surface area contributed by atoms with E-state index in [1.807, 2.05) is 13.8 Å². The van der Waals surface area contributed by atoms with Crippen molar-refractivity contribution in [3.8, 4) is 22.9 Å². The molecule has 1 aliphatic heterocycles. The highest BCUT2D eigenvalue weighted by atomic mass is 16.5. The van der Waals surface area contributed by atoms with Gasteiger partial charge >= 0.3 is 0 Å². The van der Waals surface area contributed by atoms with Crippen LogP contribution in [0.5, 0.6) is 17.2 Å². The van der Waals surface area contributed by atoms with E-state index in [-0.39, 0.29) is 6.04 Å². The Kier molecular flexibility index (Phi) is 5.73. The van der Waals surface area contributed by atoms with Crippen LogP contribution in [0.2, 0.25) is 0 Å². The van der Waals surface area contributed by atoms with Crippen molar-refractivity contribution in [1.82, 2.24) is 4.57 Å². The molecule has 30 heavy (non-hydrogen) atoms. The van der Waals surface area contributed by atoms with Gasteiger partial charge in [-0.2, -0.15) is 0 Å². The van der Waals surface area contributed by atoms with Crippen LogP contribution in [0.1, 0.15) is 47.8 Å². The Morgan fingerprint density at radius 1 is 0.967 bits per heavy atom. The van der Waals surface area contributed by atoms with Crippen molar-refractivity contribution in [1.29, 1.82) is 0 Å². The third-order valence-corrected chi connectivity index (χ3v) is 5.80. The second-order valence-corrected chi connectivity index (χ2v) is 7.69. The number of rotatable bonds is 6. The van der Waals surface area contributed by atoms with Crippen molar-refractivity contribution in [2.24, 2.45) is 0 Å². The van der Waals surface area contributed by atoms with Gasteiger partial charge in [-0.3, -0.25) is 0 Å². The van der Waals surface area contributed by atoms with E-state index >= 15 is 0 Å². The summed E-state index contributed by atoms with van der Waals surface area (Å²) in [4.78, 5) is 0. The smallest absolute Gasteiger partial charge is 0.163 e. The van der Waals surface area contributed by atoms with Crippen LogP contribution in [-0.2, 0) is 6.54 Å². The molecule has 1 aliphatic rings. The fraction of sp³-hybridized carbons (Fsp3) is 0.360. The maximum Gasteiger partial charge on any atom is 0.163 e. The number of benzene rings is 2. The third kappa shape index (κ3) is 3.54. The average Bonchev–Trinajstić information content (AvgIpc) is 3.16. The van der Waals surface area contributed by atoms with Crippen LogP contribution in [0.25, 0.3) is 5.69 Å². The number of nitrogens with zero attached hydrogens (tertiary/aromatic N) is 1. The van der Waals surface area contributed by atoms with Crippen molar-refractivity contribution in [3.63, 3.8) is 0 Å². The van der Waals surface area contributed by atoms with Crippen molar-refractivity contribution in [3.05, 3.63) is 70.5 Å². The summed E-state index contributed by atoms with van der Waals surface area (Å²) < 4.78 is 19.6. The van der Waals surface area contributed by atoms with Gasteiger partial charge in [0.15, 0.2) is 17.5 Å². The van der Waals surface area contributed by atoms with E-state index in [9.17, 15) is 0 Å². The molecule has 2 N–H and O–H groups in total. The first-order valence-electron chi connectivity index (χ1n) is 10.7. The van der Waals surface area contributed by atoms with Crippen LogP contribution in [-0.4, -0.2) is 24.9 Å². The number of nitrogens with two attached hydrogens (primary N) is 1. The second-order valence-electron chi connectivity index (χ2n) is 7.69. The Morgan fingerprint density at radius 3 is 2.40 bits per heavy atom. The fourth-order valence-corrected chi connectivity index (χ4v) is 4.40. The van der Waals surface area contributed by atoms with Gasteiger partial charge in [0.05, 0.1) is 31.7 Å². The third-order valence-electron chi connectivity index (χ3n) is 5.80. The first-order valence-corrected chi connectivity index (χ1v) is 10.7. The molecule has 2 aromatic carbocycles. The van der Waals surface area contributed by atoms with Gasteiger partial charge in [0.25, 0.3) is 0 Å². The Labute approximate surface area is 178 Å². The predicted molar refractivity (Wildman–Crippen MR) is 118 cm³/mol. The molecule has 0 fully saturated rings. The first kappa shape index (κ1) is 20.4. The number of hydrogen-bond donors (Lipinski definition) is 1. The number of aromatic nitrogens is 1. The molecule has 0 saturated carbocycles. The van der Waals surface area contributed by atoms with E-state index in [0.29, 0.717) is 13.2 Å². The van der Waals surface area contributed by atoms with E-state index in [2.05, 4.69) is 66.3 Å². The lowest BCUT2D eigenvalue weighted by Gasteiger charge is -2.19. The van der Waals surface area contributed by atoms with Crippen LogP contribution in [0.4, 0.5) is 0 Å². The van der Waals surface area contributed by atoms with Crippen molar-refractivity contribution >= 4 is 0 Å². The maximum absolute atomic E-state index is 5.90. The Morgan fingerprint density at radius 2 is 1.70 bits per heavy atom. The Hall–Kier alpha value is -2.92. The Bertz CT molecular complexity index is 1050.